The summed E-state index contributed by atoms with van der Waals surface area (Å²) in [7, 11) is 0. The number of hydrogen-bond acceptors (Lipinski definition) is 7. The molecule has 3 heterocycles. The summed E-state index contributed by atoms with van der Waals surface area (Å²) in [5.41, 5.74) is 0.589. The third-order valence-corrected chi connectivity index (χ3v) is 3.43. The zero-order chi connectivity index (χ0) is 18.2. The Morgan fingerprint density at radius 1 is 1.23 bits per heavy atom. The number of rotatable bonds is 8. The first-order valence-corrected chi connectivity index (χ1v) is 8.38. The molecule has 26 heavy (non-hydrogen) atoms. The van der Waals surface area contributed by atoms with Crippen molar-refractivity contribution in [1.82, 2.24) is 20.1 Å². The molecule has 3 rings (SSSR count). The Balaban J connectivity index is 1.47. The van der Waals surface area contributed by atoms with Gasteiger partial charge in [0.2, 0.25) is 17.7 Å². The molecular formula is C18H19N5O3. The number of anilines is 1. The Labute approximate surface area is 150 Å². The SMILES string of the molecule is CCCc1noc(CCC(=O)Nc2ccc(Oc3cccnc3)nc2)n1. The largest absolute Gasteiger partial charge is 0.437 e. The van der Waals surface area contributed by atoms with Gasteiger partial charge in [0.25, 0.3) is 0 Å². The van der Waals surface area contributed by atoms with E-state index in [2.05, 4.69) is 25.4 Å². The highest BCUT2D eigenvalue weighted by Gasteiger charge is 2.09. The van der Waals surface area contributed by atoms with Gasteiger partial charge in [0.05, 0.1) is 18.1 Å². The van der Waals surface area contributed by atoms with Crippen molar-refractivity contribution in [3.8, 4) is 11.6 Å². The van der Waals surface area contributed by atoms with Crippen LogP contribution in [0, 0.1) is 0 Å². The molecule has 8 heteroatoms. The summed E-state index contributed by atoms with van der Waals surface area (Å²) in [4.78, 5) is 24.4. The first kappa shape index (κ1) is 17.5. The minimum Gasteiger partial charge on any atom is -0.437 e. The molecule has 0 aliphatic carbocycles. The number of nitrogens with zero attached hydrogens (tertiary/aromatic N) is 4. The van der Waals surface area contributed by atoms with Crippen molar-refractivity contribution in [2.75, 3.05) is 5.32 Å². The van der Waals surface area contributed by atoms with Crippen molar-refractivity contribution in [1.29, 1.82) is 0 Å². The van der Waals surface area contributed by atoms with E-state index in [-0.39, 0.29) is 12.3 Å². The highest BCUT2D eigenvalue weighted by atomic mass is 16.5. The summed E-state index contributed by atoms with van der Waals surface area (Å²) >= 11 is 0. The fourth-order valence-electron chi connectivity index (χ4n) is 2.20. The zero-order valence-corrected chi connectivity index (χ0v) is 14.4. The standard InChI is InChI=1S/C18H19N5O3/c1-2-4-15-22-18(26-23-15)9-7-16(24)21-13-6-8-17(20-11-13)25-14-5-3-10-19-12-14/h3,5-6,8,10-12H,2,4,7,9H2,1H3,(H,21,24). The molecule has 0 radical (unpaired) electrons. The summed E-state index contributed by atoms with van der Waals surface area (Å²) < 4.78 is 10.7. The molecule has 0 aromatic carbocycles. The van der Waals surface area contributed by atoms with E-state index in [1.807, 2.05) is 6.92 Å². The van der Waals surface area contributed by atoms with Crippen LogP contribution in [0.1, 0.15) is 31.5 Å². The lowest BCUT2D eigenvalue weighted by molar-refractivity contribution is -0.116. The molecule has 0 unspecified atom stereocenters. The van der Waals surface area contributed by atoms with Crippen LogP contribution < -0.4 is 10.1 Å². The monoisotopic (exact) mass is 353 g/mol. The average molecular weight is 353 g/mol. The fourth-order valence-corrected chi connectivity index (χ4v) is 2.20. The van der Waals surface area contributed by atoms with E-state index in [9.17, 15) is 4.79 Å². The smallest absolute Gasteiger partial charge is 0.227 e. The van der Waals surface area contributed by atoms with E-state index in [0.29, 0.717) is 35.5 Å². The Morgan fingerprint density at radius 2 is 2.15 bits per heavy atom. The summed E-state index contributed by atoms with van der Waals surface area (Å²) in [6, 6.07) is 6.96. The van der Waals surface area contributed by atoms with Gasteiger partial charge in [0.1, 0.15) is 5.75 Å². The molecule has 1 amide bonds. The molecule has 0 aliphatic heterocycles. The second-order valence-electron chi connectivity index (χ2n) is 5.58. The second kappa shape index (κ2) is 8.70. The maximum Gasteiger partial charge on any atom is 0.227 e. The first-order valence-electron chi connectivity index (χ1n) is 8.38. The predicted molar refractivity (Wildman–Crippen MR) is 93.8 cm³/mol. The van der Waals surface area contributed by atoms with Crippen LogP contribution in [0.5, 0.6) is 11.6 Å². The third-order valence-electron chi connectivity index (χ3n) is 3.43. The molecule has 0 fully saturated rings. The van der Waals surface area contributed by atoms with Gasteiger partial charge < -0.3 is 14.6 Å². The second-order valence-corrected chi connectivity index (χ2v) is 5.58. The van der Waals surface area contributed by atoms with Gasteiger partial charge in [-0.2, -0.15) is 4.98 Å². The predicted octanol–water partition coefficient (Wildman–Crippen LogP) is 3.18. The van der Waals surface area contributed by atoms with Crippen molar-refractivity contribution in [2.45, 2.75) is 32.6 Å². The molecule has 0 saturated carbocycles. The molecular weight excluding hydrogens is 334 g/mol. The lowest BCUT2D eigenvalue weighted by atomic mass is 10.3. The number of pyridine rings is 2. The van der Waals surface area contributed by atoms with Crippen LogP contribution in [0.4, 0.5) is 5.69 Å². The molecule has 0 saturated heterocycles. The van der Waals surface area contributed by atoms with E-state index in [1.165, 1.54) is 6.20 Å². The number of aromatic nitrogens is 4. The third kappa shape index (κ3) is 5.10. The number of carbonyl (C=O) groups is 1. The maximum absolute atomic E-state index is 12.0. The summed E-state index contributed by atoms with van der Waals surface area (Å²) in [5, 5.41) is 6.64. The lowest BCUT2D eigenvalue weighted by Crippen LogP contribution is -2.12. The molecule has 3 aromatic rings. The van der Waals surface area contributed by atoms with E-state index in [1.54, 1.807) is 36.7 Å². The number of carbonyl (C=O) groups excluding carboxylic acids is 1. The summed E-state index contributed by atoms with van der Waals surface area (Å²) in [6.07, 6.45) is 7.18. The van der Waals surface area contributed by atoms with Gasteiger partial charge in [-0.05, 0) is 24.6 Å². The molecule has 1 N–H and O–H groups in total. The van der Waals surface area contributed by atoms with Crippen molar-refractivity contribution in [3.05, 3.63) is 54.6 Å². The van der Waals surface area contributed by atoms with E-state index in [0.717, 1.165) is 12.8 Å². The van der Waals surface area contributed by atoms with Crippen molar-refractivity contribution < 1.29 is 14.1 Å². The average Bonchev–Trinajstić information content (AvgIpc) is 3.10. The molecule has 0 atom stereocenters. The van der Waals surface area contributed by atoms with Crippen molar-refractivity contribution in [3.63, 3.8) is 0 Å². The van der Waals surface area contributed by atoms with Gasteiger partial charge in [-0.15, -0.1) is 0 Å². The van der Waals surface area contributed by atoms with Crippen LogP contribution in [-0.2, 0) is 17.6 Å². The maximum atomic E-state index is 12.0. The highest BCUT2D eigenvalue weighted by Crippen LogP contribution is 2.19. The van der Waals surface area contributed by atoms with Crippen molar-refractivity contribution >= 4 is 11.6 Å². The van der Waals surface area contributed by atoms with Crippen LogP contribution >= 0.6 is 0 Å². The Morgan fingerprint density at radius 3 is 2.88 bits per heavy atom. The van der Waals surface area contributed by atoms with Crippen LogP contribution in [0.15, 0.2) is 47.4 Å². The Hall–Kier alpha value is -3.29. The fraction of sp³-hybridized carbons (Fsp3) is 0.278. The van der Waals surface area contributed by atoms with Gasteiger partial charge in [-0.25, -0.2) is 4.98 Å². The lowest BCUT2D eigenvalue weighted by Gasteiger charge is -2.06. The number of nitrogens with one attached hydrogen (secondary N) is 1. The van der Waals surface area contributed by atoms with Crippen LogP contribution in [0.3, 0.4) is 0 Å². The van der Waals surface area contributed by atoms with Crippen molar-refractivity contribution in [2.24, 2.45) is 0 Å². The molecule has 0 spiro atoms. The topological polar surface area (TPSA) is 103 Å². The van der Waals surface area contributed by atoms with Gasteiger partial charge in [-0.1, -0.05) is 12.1 Å². The Bertz CT molecular complexity index is 834. The van der Waals surface area contributed by atoms with Crippen LogP contribution in [0.2, 0.25) is 0 Å². The van der Waals surface area contributed by atoms with Gasteiger partial charge >= 0.3 is 0 Å². The zero-order valence-electron chi connectivity index (χ0n) is 14.4. The molecule has 3 aromatic heterocycles. The quantitative estimate of drug-likeness (QED) is 0.663. The summed E-state index contributed by atoms with van der Waals surface area (Å²) in [5.74, 6) is 2.02. The van der Waals surface area contributed by atoms with E-state index < -0.39 is 0 Å². The molecule has 0 bridgehead atoms. The number of hydrogen-bond donors (Lipinski definition) is 1. The molecule has 0 aliphatic rings. The summed E-state index contributed by atoms with van der Waals surface area (Å²) in [6.45, 7) is 2.05. The van der Waals surface area contributed by atoms with E-state index in [4.69, 9.17) is 9.26 Å². The van der Waals surface area contributed by atoms with Crippen LogP contribution in [0.25, 0.3) is 0 Å². The number of amides is 1. The van der Waals surface area contributed by atoms with E-state index >= 15 is 0 Å². The molecule has 8 nitrogen and oxygen atoms in total. The normalized spacial score (nSPS) is 10.5. The first-order chi connectivity index (χ1) is 12.7. The van der Waals surface area contributed by atoms with Gasteiger partial charge in [0, 0.05) is 31.5 Å². The van der Waals surface area contributed by atoms with Gasteiger partial charge in [-0.3, -0.25) is 9.78 Å². The highest BCUT2D eigenvalue weighted by molar-refractivity contribution is 5.90. The number of ether oxygens (including phenoxy) is 1. The Kier molecular flexibility index (Phi) is 5.87. The van der Waals surface area contributed by atoms with Gasteiger partial charge in [0.15, 0.2) is 5.82 Å². The molecule has 134 valence electrons. The minimum atomic E-state index is -0.150. The minimum absolute atomic E-state index is 0.150. The number of aryl methyl sites for hydroxylation is 2. The van der Waals surface area contributed by atoms with Crippen LogP contribution in [-0.4, -0.2) is 26.0 Å².